The normalized spacial score (nSPS) is 12.3. The number of amides is 1. The predicted molar refractivity (Wildman–Crippen MR) is 95.6 cm³/mol. The highest BCUT2D eigenvalue weighted by Gasteiger charge is 2.18. The van der Waals surface area contributed by atoms with Gasteiger partial charge in [0.1, 0.15) is 0 Å². The third-order valence-corrected chi connectivity index (χ3v) is 4.92. The van der Waals surface area contributed by atoms with Crippen molar-refractivity contribution in [3.63, 3.8) is 0 Å². The van der Waals surface area contributed by atoms with Crippen LogP contribution in [0.4, 0.5) is 5.69 Å². The molecule has 1 aromatic heterocycles. The Labute approximate surface area is 145 Å². The fraction of sp³-hybridized carbons (Fsp3) is 0.312. The van der Waals surface area contributed by atoms with Gasteiger partial charge in [-0.2, -0.15) is 0 Å². The second kappa shape index (κ2) is 7.36. The maximum atomic E-state index is 12.7. The van der Waals surface area contributed by atoms with Gasteiger partial charge in [0.25, 0.3) is 5.91 Å². The van der Waals surface area contributed by atoms with Crippen molar-refractivity contribution in [2.45, 2.75) is 19.9 Å². The molecule has 1 N–H and O–H groups in total. The molecule has 1 amide bonds. The van der Waals surface area contributed by atoms with Crippen LogP contribution in [0.25, 0.3) is 0 Å². The molecule has 6 heteroatoms. The maximum absolute atomic E-state index is 12.7. The topological polar surface area (TPSA) is 32.3 Å². The van der Waals surface area contributed by atoms with Crippen LogP contribution in [0.2, 0.25) is 4.34 Å². The summed E-state index contributed by atoms with van der Waals surface area (Å²) >= 11 is 7.48. The molecule has 0 fully saturated rings. The number of nitrogens with zero attached hydrogens (tertiary/aromatic N) is 1. The molecule has 0 unspecified atom stereocenters. The number of thiophene rings is 1. The molecule has 0 aliphatic carbocycles. The number of benzene rings is 1. The molecule has 0 radical (unpaired) electrons. The lowest BCUT2D eigenvalue weighted by Gasteiger charge is -2.20. The standard InChI is InChI=1S/C16H17ClN2OS.ClH/c1-2-19(10-13-4-6-15(17)21-13)16(20)12-3-5-14-11(9-12)7-8-18-14;/h3-6,9,18H,2,7-8,10H2,1H3;1H. The van der Waals surface area contributed by atoms with E-state index in [2.05, 4.69) is 5.32 Å². The molecule has 3 rings (SSSR count). The summed E-state index contributed by atoms with van der Waals surface area (Å²) in [6.45, 7) is 4.26. The van der Waals surface area contributed by atoms with Crippen molar-refractivity contribution in [1.82, 2.24) is 4.90 Å². The van der Waals surface area contributed by atoms with Gasteiger partial charge in [-0.05, 0) is 49.2 Å². The molecule has 1 aliphatic heterocycles. The first-order chi connectivity index (χ1) is 10.2. The van der Waals surface area contributed by atoms with E-state index < -0.39 is 0 Å². The van der Waals surface area contributed by atoms with Crippen molar-refractivity contribution in [2.75, 3.05) is 18.4 Å². The summed E-state index contributed by atoms with van der Waals surface area (Å²) in [7, 11) is 0. The van der Waals surface area contributed by atoms with Crippen LogP contribution in [0.3, 0.4) is 0 Å². The highest BCUT2D eigenvalue weighted by atomic mass is 35.5. The zero-order valence-corrected chi connectivity index (χ0v) is 14.7. The van der Waals surface area contributed by atoms with E-state index in [9.17, 15) is 4.79 Å². The molecule has 0 spiro atoms. The quantitative estimate of drug-likeness (QED) is 0.877. The van der Waals surface area contributed by atoms with Gasteiger partial charge in [0, 0.05) is 29.2 Å². The van der Waals surface area contributed by atoms with Gasteiger partial charge in [-0.25, -0.2) is 0 Å². The Morgan fingerprint density at radius 3 is 2.86 bits per heavy atom. The first kappa shape index (κ1) is 17.1. The molecule has 0 saturated heterocycles. The van der Waals surface area contributed by atoms with Crippen molar-refractivity contribution in [1.29, 1.82) is 0 Å². The minimum absolute atomic E-state index is 0. The first-order valence-corrected chi connectivity index (χ1v) is 8.27. The van der Waals surface area contributed by atoms with Crippen LogP contribution >= 0.6 is 35.3 Å². The third-order valence-electron chi connectivity index (χ3n) is 3.71. The van der Waals surface area contributed by atoms with E-state index in [1.165, 1.54) is 16.9 Å². The fourth-order valence-electron chi connectivity index (χ4n) is 2.57. The summed E-state index contributed by atoms with van der Waals surface area (Å²) in [5.74, 6) is 0.0803. The smallest absolute Gasteiger partial charge is 0.254 e. The molecule has 0 saturated carbocycles. The van der Waals surface area contributed by atoms with Crippen LogP contribution in [0.5, 0.6) is 0 Å². The maximum Gasteiger partial charge on any atom is 0.254 e. The SMILES string of the molecule is CCN(Cc1ccc(Cl)s1)C(=O)c1ccc2c(c1)CCN2.Cl. The van der Waals surface area contributed by atoms with Gasteiger partial charge >= 0.3 is 0 Å². The number of nitrogens with one attached hydrogen (secondary N) is 1. The van der Waals surface area contributed by atoms with Crippen molar-refractivity contribution >= 4 is 46.9 Å². The lowest BCUT2D eigenvalue weighted by Crippen LogP contribution is -2.30. The van der Waals surface area contributed by atoms with Gasteiger partial charge in [0.05, 0.1) is 10.9 Å². The molecular formula is C16H18Cl2N2OS. The number of fused-ring (bicyclic) bond motifs is 1. The highest BCUT2D eigenvalue weighted by molar-refractivity contribution is 7.16. The second-order valence-electron chi connectivity index (χ2n) is 5.07. The predicted octanol–water partition coefficient (Wildman–Crippen LogP) is 4.45. The lowest BCUT2D eigenvalue weighted by atomic mass is 10.1. The Bertz CT molecular complexity index is 672. The van der Waals surface area contributed by atoms with Crippen molar-refractivity contribution < 1.29 is 4.79 Å². The van der Waals surface area contributed by atoms with Crippen LogP contribution in [0.15, 0.2) is 30.3 Å². The Hall–Kier alpha value is -1.23. The van der Waals surface area contributed by atoms with Crippen LogP contribution in [0.1, 0.15) is 27.7 Å². The average Bonchev–Trinajstić information content (AvgIpc) is 3.11. The van der Waals surface area contributed by atoms with Crippen LogP contribution in [0, 0.1) is 0 Å². The van der Waals surface area contributed by atoms with Crippen molar-refractivity contribution in [2.24, 2.45) is 0 Å². The highest BCUT2D eigenvalue weighted by Crippen LogP contribution is 2.25. The minimum Gasteiger partial charge on any atom is -0.384 e. The number of carbonyl (C=O) groups excluding carboxylic acids is 1. The Balaban J connectivity index is 0.00000176. The van der Waals surface area contributed by atoms with Gasteiger partial charge < -0.3 is 10.2 Å². The molecule has 1 aromatic carbocycles. The fourth-order valence-corrected chi connectivity index (χ4v) is 3.68. The zero-order valence-electron chi connectivity index (χ0n) is 12.3. The molecule has 22 heavy (non-hydrogen) atoms. The molecule has 2 heterocycles. The van der Waals surface area contributed by atoms with Crippen LogP contribution < -0.4 is 5.32 Å². The van der Waals surface area contributed by atoms with E-state index in [4.69, 9.17) is 11.6 Å². The summed E-state index contributed by atoms with van der Waals surface area (Å²) < 4.78 is 0.761. The van der Waals surface area contributed by atoms with Gasteiger partial charge in [0.2, 0.25) is 0 Å². The van der Waals surface area contributed by atoms with Gasteiger partial charge in [-0.3, -0.25) is 4.79 Å². The Morgan fingerprint density at radius 1 is 1.36 bits per heavy atom. The second-order valence-corrected chi connectivity index (χ2v) is 6.87. The Kier molecular flexibility index (Phi) is 5.73. The van der Waals surface area contributed by atoms with E-state index in [0.29, 0.717) is 13.1 Å². The molecule has 3 nitrogen and oxygen atoms in total. The molecular weight excluding hydrogens is 339 g/mol. The number of carbonyl (C=O) groups is 1. The van der Waals surface area contributed by atoms with Crippen LogP contribution in [-0.2, 0) is 13.0 Å². The largest absolute Gasteiger partial charge is 0.384 e. The molecule has 1 aliphatic rings. The van der Waals surface area contributed by atoms with Crippen molar-refractivity contribution in [3.05, 3.63) is 50.7 Å². The minimum atomic E-state index is 0. The summed E-state index contributed by atoms with van der Waals surface area (Å²) in [5.41, 5.74) is 3.15. The molecule has 0 atom stereocenters. The van der Waals surface area contributed by atoms with E-state index >= 15 is 0 Å². The molecule has 2 aromatic rings. The van der Waals surface area contributed by atoms with Gasteiger partial charge in [-0.1, -0.05) is 11.6 Å². The number of hydrogen-bond acceptors (Lipinski definition) is 3. The number of anilines is 1. The summed E-state index contributed by atoms with van der Waals surface area (Å²) in [5, 5.41) is 3.31. The first-order valence-electron chi connectivity index (χ1n) is 7.07. The summed E-state index contributed by atoms with van der Waals surface area (Å²) in [6.07, 6.45) is 0.989. The van der Waals surface area contributed by atoms with E-state index in [0.717, 1.165) is 33.4 Å². The number of hydrogen-bond donors (Lipinski definition) is 1. The van der Waals surface area contributed by atoms with Crippen LogP contribution in [-0.4, -0.2) is 23.9 Å². The average molecular weight is 357 g/mol. The van der Waals surface area contributed by atoms with E-state index in [-0.39, 0.29) is 18.3 Å². The van der Waals surface area contributed by atoms with E-state index in [1.54, 1.807) is 0 Å². The molecule has 0 bridgehead atoms. The third kappa shape index (κ3) is 3.57. The van der Waals surface area contributed by atoms with Gasteiger partial charge in [-0.15, -0.1) is 23.7 Å². The van der Waals surface area contributed by atoms with E-state index in [1.807, 2.05) is 42.2 Å². The monoisotopic (exact) mass is 356 g/mol. The molecule has 118 valence electrons. The van der Waals surface area contributed by atoms with Gasteiger partial charge in [0.15, 0.2) is 0 Å². The summed E-state index contributed by atoms with van der Waals surface area (Å²) in [6, 6.07) is 9.78. The number of halogens is 2. The Morgan fingerprint density at radius 2 is 2.18 bits per heavy atom. The zero-order chi connectivity index (χ0) is 14.8. The summed E-state index contributed by atoms with van der Waals surface area (Å²) in [4.78, 5) is 15.6. The van der Waals surface area contributed by atoms with Crippen molar-refractivity contribution in [3.8, 4) is 0 Å². The lowest BCUT2D eigenvalue weighted by molar-refractivity contribution is 0.0754. The number of rotatable bonds is 4.